The second-order valence-electron chi connectivity index (χ2n) is 9.47. The predicted molar refractivity (Wildman–Crippen MR) is 160 cm³/mol. The highest BCUT2D eigenvalue weighted by Gasteiger charge is 2.33. The summed E-state index contributed by atoms with van der Waals surface area (Å²) in [6, 6.07) is 20.1. The summed E-state index contributed by atoms with van der Waals surface area (Å²) in [5.41, 5.74) is 3.95. The van der Waals surface area contributed by atoms with Gasteiger partial charge in [0.15, 0.2) is 16.3 Å². The third kappa shape index (κ3) is 5.71. The van der Waals surface area contributed by atoms with E-state index < -0.39 is 12.0 Å². The molecule has 41 heavy (non-hydrogen) atoms. The Morgan fingerprint density at radius 1 is 1.07 bits per heavy atom. The first-order chi connectivity index (χ1) is 19.8. The number of halogens is 1. The molecule has 0 amide bonds. The molecular formula is C32H29ClN2O5S. The fourth-order valence-corrected chi connectivity index (χ4v) is 5.95. The number of thiazole rings is 1. The number of ether oxygens (including phenoxy) is 3. The lowest BCUT2D eigenvalue weighted by molar-refractivity contribution is -0.139. The van der Waals surface area contributed by atoms with E-state index in [1.54, 1.807) is 43.7 Å². The Labute approximate surface area is 246 Å². The topological polar surface area (TPSA) is 79.1 Å². The van der Waals surface area contributed by atoms with Gasteiger partial charge in [-0.05, 0) is 44.5 Å². The summed E-state index contributed by atoms with van der Waals surface area (Å²) >= 11 is 7.59. The highest BCUT2D eigenvalue weighted by molar-refractivity contribution is 7.07. The number of rotatable bonds is 8. The highest BCUT2D eigenvalue weighted by atomic mass is 35.5. The van der Waals surface area contributed by atoms with Crippen molar-refractivity contribution in [2.45, 2.75) is 33.4 Å². The molecule has 1 aromatic heterocycles. The van der Waals surface area contributed by atoms with Crippen LogP contribution in [-0.4, -0.2) is 24.3 Å². The molecule has 2 heterocycles. The van der Waals surface area contributed by atoms with Gasteiger partial charge in [0.2, 0.25) is 0 Å². The third-order valence-corrected chi connectivity index (χ3v) is 8.11. The molecule has 0 aliphatic carbocycles. The van der Waals surface area contributed by atoms with E-state index >= 15 is 0 Å². The lowest BCUT2D eigenvalue weighted by atomic mass is 9.95. The molecule has 0 radical (unpaired) electrons. The Hall–Kier alpha value is -4.14. The number of fused-ring (bicyclic) bond motifs is 1. The third-order valence-electron chi connectivity index (χ3n) is 6.76. The summed E-state index contributed by atoms with van der Waals surface area (Å²) in [6.45, 7) is 5.95. The minimum absolute atomic E-state index is 0.216. The zero-order valence-electron chi connectivity index (χ0n) is 23.1. The van der Waals surface area contributed by atoms with Gasteiger partial charge in [0.05, 0.1) is 35.6 Å². The smallest absolute Gasteiger partial charge is 0.338 e. The van der Waals surface area contributed by atoms with E-state index in [9.17, 15) is 9.59 Å². The van der Waals surface area contributed by atoms with Gasteiger partial charge in [0.25, 0.3) is 5.56 Å². The number of aromatic nitrogens is 1. The lowest BCUT2D eigenvalue weighted by Crippen LogP contribution is -2.39. The molecule has 7 nitrogen and oxygen atoms in total. The van der Waals surface area contributed by atoms with Crippen LogP contribution < -0.4 is 24.4 Å². The van der Waals surface area contributed by atoms with Crippen LogP contribution in [0.1, 0.15) is 42.1 Å². The van der Waals surface area contributed by atoms with E-state index in [-0.39, 0.29) is 18.8 Å². The molecule has 0 bridgehead atoms. The summed E-state index contributed by atoms with van der Waals surface area (Å²) in [7, 11) is 1.57. The van der Waals surface area contributed by atoms with Gasteiger partial charge in [0, 0.05) is 16.1 Å². The van der Waals surface area contributed by atoms with Crippen LogP contribution in [0, 0.1) is 6.92 Å². The van der Waals surface area contributed by atoms with Gasteiger partial charge in [-0.3, -0.25) is 9.36 Å². The number of allylic oxidation sites excluding steroid dienone is 1. The summed E-state index contributed by atoms with van der Waals surface area (Å²) in [5.74, 6) is 0.521. The van der Waals surface area contributed by atoms with Crippen molar-refractivity contribution in [1.82, 2.24) is 4.57 Å². The van der Waals surface area contributed by atoms with Crippen LogP contribution in [0.5, 0.6) is 11.5 Å². The monoisotopic (exact) mass is 588 g/mol. The molecule has 0 spiro atoms. The minimum Gasteiger partial charge on any atom is -0.493 e. The standard InChI is InChI=1S/C32H29ClN2O5S/c1-5-39-31(37)27-20(3)34-32-35(28(27)21-15-13-19(2)14-16-21)30(36)26(41-32)17-22-10-8-12-25(38-4)29(22)40-18-23-9-6-7-11-24(23)33/h6-17,28H,5,18H2,1-4H3/b26-17-/t28-/m0/s1. The molecule has 0 N–H and O–H groups in total. The van der Waals surface area contributed by atoms with E-state index in [1.807, 2.05) is 61.5 Å². The van der Waals surface area contributed by atoms with Crippen LogP contribution in [0.15, 0.2) is 87.8 Å². The van der Waals surface area contributed by atoms with Gasteiger partial charge in [-0.1, -0.05) is 83.1 Å². The average molecular weight is 589 g/mol. The van der Waals surface area contributed by atoms with Crippen molar-refractivity contribution < 1.29 is 19.0 Å². The summed E-state index contributed by atoms with van der Waals surface area (Å²) < 4.78 is 19.2. The quantitative estimate of drug-likeness (QED) is 0.259. The SMILES string of the molecule is CCOC(=O)C1=C(C)N=c2s/c(=C\c3cccc(OC)c3OCc3ccccc3Cl)c(=O)n2[C@H]1c1ccc(C)cc1. The molecule has 1 aliphatic rings. The molecule has 0 fully saturated rings. The fourth-order valence-electron chi connectivity index (χ4n) is 4.72. The van der Waals surface area contributed by atoms with Crippen molar-refractivity contribution >= 4 is 35.0 Å². The number of benzene rings is 3. The number of esters is 1. The van der Waals surface area contributed by atoms with Gasteiger partial charge in [-0.15, -0.1) is 0 Å². The van der Waals surface area contributed by atoms with Crippen molar-refractivity contribution in [2.75, 3.05) is 13.7 Å². The molecule has 1 aliphatic heterocycles. The number of aryl methyl sites for hydroxylation is 1. The molecule has 5 rings (SSSR count). The Morgan fingerprint density at radius 3 is 2.54 bits per heavy atom. The molecule has 210 valence electrons. The maximum absolute atomic E-state index is 14.0. The number of nitrogens with zero attached hydrogens (tertiary/aromatic N) is 2. The molecule has 0 saturated heterocycles. The zero-order chi connectivity index (χ0) is 29.1. The Morgan fingerprint density at radius 2 is 1.83 bits per heavy atom. The van der Waals surface area contributed by atoms with Crippen LogP contribution in [0.4, 0.5) is 0 Å². The van der Waals surface area contributed by atoms with Crippen molar-refractivity contribution in [3.05, 3.63) is 125 Å². The summed E-state index contributed by atoms with van der Waals surface area (Å²) in [5, 5.41) is 0.598. The minimum atomic E-state index is -0.672. The van der Waals surface area contributed by atoms with Crippen LogP contribution in [0.2, 0.25) is 5.02 Å². The maximum atomic E-state index is 14.0. The number of carbonyl (C=O) groups excluding carboxylic acids is 1. The van der Waals surface area contributed by atoms with Crippen molar-refractivity contribution in [1.29, 1.82) is 0 Å². The Bertz CT molecular complexity index is 1820. The van der Waals surface area contributed by atoms with Crippen LogP contribution in [0.3, 0.4) is 0 Å². The number of hydrogen-bond donors (Lipinski definition) is 0. The first-order valence-corrected chi connectivity index (χ1v) is 14.3. The van der Waals surface area contributed by atoms with Gasteiger partial charge in [-0.25, -0.2) is 9.79 Å². The number of para-hydroxylation sites is 1. The fraction of sp³-hybridized carbons (Fsp3) is 0.219. The first kappa shape index (κ1) is 28.4. The van der Waals surface area contributed by atoms with E-state index in [0.717, 1.165) is 16.7 Å². The van der Waals surface area contributed by atoms with Crippen LogP contribution in [0.25, 0.3) is 6.08 Å². The van der Waals surface area contributed by atoms with Crippen molar-refractivity contribution in [3.8, 4) is 11.5 Å². The Balaban J connectivity index is 1.64. The van der Waals surface area contributed by atoms with E-state index in [0.29, 0.717) is 42.7 Å². The summed E-state index contributed by atoms with van der Waals surface area (Å²) in [4.78, 5) is 32.3. The number of hydrogen-bond acceptors (Lipinski definition) is 7. The molecule has 0 unspecified atom stereocenters. The number of methoxy groups -OCH3 is 1. The van der Waals surface area contributed by atoms with Crippen molar-refractivity contribution in [2.24, 2.45) is 4.99 Å². The maximum Gasteiger partial charge on any atom is 0.338 e. The van der Waals surface area contributed by atoms with Gasteiger partial charge in [-0.2, -0.15) is 0 Å². The van der Waals surface area contributed by atoms with Gasteiger partial charge >= 0.3 is 5.97 Å². The lowest BCUT2D eigenvalue weighted by Gasteiger charge is -2.24. The van der Waals surface area contributed by atoms with E-state index in [2.05, 4.69) is 4.99 Å². The molecular weight excluding hydrogens is 560 g/mol. The first-order valence-electron chi connectivity index (χ1n) is 13.1. The van der Waals surface area contributed by atoms with E-state index in [4.69, 9.17) is 25.8 Å². The van der Waals surface area contributed by atoms with Gasteiger partial charge in [0.1, 0.15) is 6.61 Å². The normalized spacial score (nSPS) is 14.9. The summed E-state index contributed by atoms with van der Waals surface area (Å²) in [6.07, 6.45) is 1.77. The van der Waals surface area contributed by atoms with Crippen LogP contribution in [-0.2, 0) is 16.1 Å². The predicted octanol–water partition coefficient (Wildman–Crippen LogP) is 5.35. The largest absolute Gasteiger partial charge is 0.493 e. The number of carbonyl (C=O) groups is 1. The van der Waals surface area contributed by atoms with E-state index in [1.165, 1.54) is 11.3 Å². The second-order valence-corrected chi connectivity index (χ2v) is 10.9. The second kappa shape index (κ2) is 12.2. The molecule has 3 aromatic carbocycles. The van der Waals surface area contributed by atoms with Crippen molar-refractivity contribution in [3.63, 3.8) is 0 Å². The molecule has 4 aromatic rings. The highest BCUT2D eigenvalue weighted by Crippen LogP contribution is 2.34. The average Bonchev–Trinajstić information content (AvgIpc) is 3.26. The van der Waals surface area contributed by atoms with Gasteiger partial charge < -0.3 is 14.2 Å². The Kier molecular flexibility index (Phi) is 8.42. The van der Waals surface area contributed by atoms with Crippen LogP contribution >= 0.6 is 22.9 Å². The zero-order valence-corrected chi connectivity index (χ0v) is 24.7. The molecule has 1 atom stereocenters. The molecule has 9 heteroatoms. The molecule has 0 saturated carbocycles.